The molecular formula is C12H19NOS. The number of carbonyl (C=O) groups is 1. The van der Waals surface area contributed by atoms with Gasteiger partial charge in [-0.15, -0.1) is 0 Å². The predicted octanol–water partition coefficient (Wildman–Crippen LogP) is 2.84. The van der Waals surface area contributed by atoms with Gasteiger partial charge in [0, 0.05) is 13.0 Å². The molecule has 1 amide bonds. The Bertz CT molecular complexity index is 280. The molecule has 0 radical (unpaired) electrons. The van der Waals surface area contributed by atoms with Crippen molar-refractivity contribution >= 4 is 17.2 Å². The van der Waals surface area contributed by atoms with Crippen molar-refractivity contribution in [2.24, 2.45) is 5.92 Å². The Morgan fingerprint density at radius 3 is 2.93 bits per heavy atom. The summed E-state index contributed by atoms with van der Waals surface area (Å²) in [6.45, 7) is 5.13. The Labute approximate surface area is 95.7 Å². The van der Waals surface area contributed by atoms with Crippen LogP contribution in [0.15, 0.2) is 16.8 Å². The van der Waals surface area contributed by atoms with Crippen molar-refractivity contribution in [3.8, 4) is 0 Å². The fourth-order valence-corrected chi connectivity index (χ4v) is 1.98. The number of thiophene rings is 1. The number of rotatable bonds is 6. The minimum absolute atomic E-state index is 0.168. The molecule has 1 aromatic heterocycles. The normalized spacial score (nSPS) is 10.6. The summed E-state index contributed by atoms with van der Waals surface area (Å²) < 4.78 is 0. The average molecular weight is 225 g/mol. The second-order valence-corrected chi connectivity index (χ2v) is 4.94. The Morgan fingerprint density at radius 2 is 2.33 bits per heavy atom. The molecule has 0 bridgehead atoms. The smallest absolute Gasteiger partial charge is 0.220 e. The summed E-state index contributed by atoms with van der Waals surface area (Å²) in [4.78, 5) is 11.4. The maximum absolute atomic E-state index is 11.4. The number of nitrogens with one attached hydrogen (secondary N) is 1. The highest BCUT2D eigenvalue weighted by Gasteiger charge is 2.02. The molecule has 1 aromatic rings. The second-order valence-electron chi connectivity index (χ2n) is 4.16. The quantitative estimate of drug-likeness (QED) is 0.792. The van der Waals surface area contributed by atoms with E-state index in [1.807, 2.05) is 5.38 Å². The van der Waals surface area contributed by atoms with Gasteiger partial charge in [-0.3, -0.25) is 4.79 Å². The van der Waals surface area contributed by atoms with Crippen molar-refractivity contribution in [2.75, 3.05) is 6.54 Å². The van der Waals surface area contributed by atoms with Crippen molar-refractivity contribution in [3.63, 3.8) is 0 Å². The summed E-state index contributed by atoms with van der Waals surface area (Å²) in [5, 5.41) is 7.09. The molecule has 1 heterocycles. The van der Waals surface area contributed by atoms with E-state index in [9.17, 15) is 4.79 Å². The molecule has 0 aliphatic rings. The van der Waals surface area contributed by atoms with E-state index in [1.54, 1.807) is 11.3 Å². The molecule has 0 atom stereocenters. The molecule has 84 valence electrons. The van der Waals surface area contributed by atoms with Crippen LogP contribution >= 0.6 is 11.3 Å². The Morgan fingerprint density at radius 1 is 1.53 bits per heavy atom. The lowest BCUT2D eigenvalue weighted by Gasteiger charge is -2.06. The van der Waals surface area contributed by atoms with Crippen LogP contribution in [0.4, 0.5) is 0 Å². The molecule has 0 fully saturated rings. The molecular weight excluding hydrogens is 206 g/mol. The van der Waals surface area contributed by atoms with E-state index >= 15 is 0 Å². The maximum Gasteiger partial charge on any atom is 0.220 e. The van der Waals surface area contributed by atoms with Gasteiger partial charge in [0.15, 0.2) is 0 Å². The standard InChI is InChI=1S/C12H19NOS/c1-10(2)5-7-13-12(14)4-3-11-6-8-15-9-11/h6,8-10H,3-5,7H2,1-2H3,(H,13,14). The SMILES string of the molecule is CC(C)CCNC(=O)CCc1ccsc1. The van der Waals surface area contributed by atoms with E-state index in [0.29, 0.717) is 12.3 Å². The summed E-state index contributed by atoms with van der Waals surface area (Å²) in [6, 6.07) is 2.08. The van der Waals surface area contributed by atoms with E-state index in [0.717, 1.165) is 19.4 Å². The van der Waals surface area contributed by atoms with Gasteiger partial charge < -0.3 is 5.32 Å². The lowest BCUT2D eigenvalue weighted by Crippen LogP contribution is -2.25. The number of amides is 1. The van der Waals surface area contributed by atoms with Crippen LogP contribution in [0.3, 0.4) is 0 Å². The van der Waals surface area contributed by atoms with Gasteiger partial charge in [0.05, 0.1) is 0 Å². The van der Waals surface area contributed by atoms with E-state index in [4.69, 9.17) is 0 Å². The molecule has 15 heavy (non-hydrogen) atoms. The largest absolute Gasteiger partial charge is 0.356 e. The van der Waals surface area contributed by atoms with Crippen molar-refractivity contribution in [1.82, 2.24) is 5.32 Å². The van der Waals surface area contributed by atoms with Crippen molar-refractivity contribution < 1.29 is 4.79 Å². The van der Waals surface area contributed by atoms with Gasteiger partial charge in [0.25, 0.3) is 0 Å². The van der Waals surface area contributed by atoms with E-state index in [2.05, 4.69) is 30.6 Å². The first-order chi connectivity index (χ1) is 7.18. The third-order valence-electron chi connectivity index (χ3n) is 2.26. The van der Waals surface area contributed by atoms with Gasteiger partial charge in [0.1, 0.15) is 0 Å². The van der Waals surface area contributed by atoms with Gasteiger partial charge >= 0.3 is 0 Å². The molecule has 0 aliphatic carbocycles. The zero-order valence-electron chi connectivity index (χ0n) is 9.45. The summed E-state index contributed by atoms with van der Waals surface area (Å²) in [6.07, 6.45) is 2.52. The first-order valence-electron chi connectivity index (χ1n) is 5.46. The van der Waals surface area contributed by atoms with Gasteiger partial charge in [-0.2, -0.15) is 11.3 Å². The van der Waals surface area contributed by atoms with Crippen LogP contribution in [0.2, 0.25) is 0 Å². The predicted molar refractivity (Wildman–Crippen MR) is 65.1 cm³/mol. The third kappa shape index (κ3) is 5.57. The minimum Gasteiger partial charge on any atom is -0.356 e. The zero-order chi connectivity index (χ0) is 11.1. The highest BCUT2D eigenvalue weighted by atomic mass is 32.1. The second kappa shape index (κ2) is 6.62. The van der Waals surface area contributed by atoms with E-state index in [1.165, 1.54) is 5.56 Å². The summed E-state index contributed by atoms with van der Waals surface area (Å²) >= 11 is 1.68. The summed E-state index contributed by atoms with van der Waals surface area (Å²) in [5.74, 6) is 0.823. The Hall–Kier alpha value is -0.830. The van der Waals surface area contributed by atoms with Gasteiger partial charge in [-0.05, 0) is 41.1 Å². The van der Waals surface area contributed by atoms with Crippen LogP contribution in [-0.4, -0.2) is 12.5 Å². The van der Waals surface area contributed by atoms with E-state index in [-0.39, 0.29) is 5.91 Å². The zero-order valence-corrected chi connectivity index (χ0v) is 10.3. The van der Waals surface area contributed by atoms with Gasteiger partial charge in [0.2, 0.25) is 5.91 Å². The first-order valence-corrected chi connectivity index (χ1v) is 6.40. The fourth-order valence-electron chi connectivity index (χ4n) is 1.28. The molecule has 0 spiro atoms. The third-order valence-corrected chi connectivity index (χ3v) is 3.00. The number of aryl methyl sites for hydroxylation is 1. The van der Waals surface area contributed by atoms with Crippen LogP contribution in [0.1, 0.15) is 32.3 Å². The minimum atomic E-state index is 0.168. The molecule has 0 saturated heterocycles. The molecule has 2 nitrogen and oxygen atoms in total. The first kappa shape index (κ1) is 12.2. The average Bonchev–Trinajstić information content (AvgIpc) is 2.66. The van der Waals surface area contributed by atoms with Crippen LogP contribution < -0.4 is 5.32 Å². The van der Waals surface area contributed by atoms with Gasteiger partial charge in [-0.1, -0.05) is 13.8 Å². The van der Waals surface area contributed by atoms with Crippen LogP contribution in [-0.2, 0) is 11.2 Å². The highest BCUT2D eigenvalue weighted by molar-refractivity contribution is 7.07. The molecule has 0 saturated carbocycles. The van der Waals surface area contributed by atoms with Gasteiger partial charge in [-0.25, -0.2) is 0 Å². The summed E-state index contributed by atoms with van der Waals surface area (Å²) in [5.41, 5.74) is 1.26. The number of carbonyl (C=O) groups excluding carboxylic acids is 1. The Balaban J connectivity index is 2.09. The summed E-state index contributed by atoms with van der Waals surface area (Å²) in [7, 11) is 0. The monoisotopic (exact) mass is 225 g/mol. The maximum atomic E-state index is 11.4. The number of hydrogen-bond donors (Lipinski definition) is 1. The van der Waals surface area contributed by atoms with Crippen molar-refractivity contribution in [3.05, 3.63) is 22.4 Å². The molecule has 3 heteroatoms. The molecule has 1 rings (SSSR count). The van der Waals surface area contributed by atoms with Crippen LogP contribution in [0.5, 0.6) is 0 Å². The molecule has 1 N–H and O–H groups in total. The van der Waals surface area contributed by atoms with E-state index < -0.39 is 0 Å². The lowest BCUT2D eigenvalue weighted by molar-refractivity contribution is -0.121. The lowest BCUT2D eigenvalue weighted by atomic mass is 10.1. The van der Waals surface area contributed by atoms with Crippen molar-refractivity contribution in [2.45, 2.75) is 33.1 Å². The fraction of sp³-hybridized carbons (Fsp3) is 0.583. The highest BCUT2D eigenvalue weighted by Crippen LogP contribution is 2.08. The Kier molecular flexibility index (Phi) is 5.40. The molecule has 0 aliphatic heterocycles. The van der Waals surface area contributed by atoms with Crippen LogP contribution in [0, 0.1) is 5.92 Å². The number of hydrogen-bond acceptors (Lipinski definition) is 2. The van der Waals surface area contributed by atoms with Crippen molar-refractivity contribution in [1.29, 1.82) is 0 Å². The molecule has 0 unspecified atom stereocenters. The topological polar surface area (TPSA) is 29.1 Å². The van der Waals surface area contributed by atoms with Crippen LogP contribution in [0.25, 0.3) is 0 Å². The molecule has 0 aromatic carbocycles.